The van der Waals surface area contributed by atoms with Crippen LogP contribution in [-0.4, -0.2) is 73.9 Å². The molecule has 1 saturated heterocycles. The van der Waals surface area contributed by atoms with Gasteiger partial charge in [-0.05, 0) is 61.3 Å². The van der Waals surface area contributed by atoms with Gasteiger partial charge in [-0.1, -0.05) is 27.2 Å². The zero-order valence-corrected chi connectivity index (χ0v) is 25.4. The molecule has 1 aliphatic carbocycles. The Morgan fingerprint density at radius 2 is 1.77 bits per heavy atom. The monoisotopic (exact) mass is 590 g/mol. The molecular formula is C30H42N10O3. The minimum atomic E-state index is -0.431. The van der Waals surface area contributed by atoms with Gasteiger partial charge >= 0.3 is 6.09 Å². The molecule has 2 fully saturated rings. The zero-order valence-electron chi connectivity index (χ0n) is 25.4. The van der Waals surface area contributed by atoms with Gasteiger partial charge in [0.05, 0.1) is 0 Å². The smallest absolute Gasteiger partial charge is 0.411 e. The molecule has 1 aliphatic heterocycles. The van der Waals surface area contributed by atoms with E-state index in [9.17, 15) is 9.59 Å². The Morgan fingerprint density at radius 3 is 2.51 bits per heavy atom. The van der Waals surface area contributed by atoms with Crippen molar-refractivity contribution in [3.63, 3.8) is 0 Å². The second-order valence-electron chi connectivity index (χ2n) is 11.9. The van der Waals surface area contributed by atoms with Crippen LogP contribution in [0.25, 0.3) is 5.82 Å². The molecule has 0 bridgehead atoms. The average Bonchev–Trinajstić information content (AvgIpc) is 3.16. The topological polar surface area (TPSA) is 156 Å². The van der Waals surface area contributed by atoms with E-state index in [4.69, 9.17) is 10.5 Å². The van der Waals surface area contributed by atoms with Crippen LogP contribution in [0.15, 0.2) is 36.7 Å². The summed E-state index contributed by atoms with van der Waals surface area (Å²) >= 11 is 0. The molecule has 2 aliphatic rings. The maximum absolute atomic E-state index is 12.7. The Hall–Kier alpha value is -4.42. The molecule has 43 heavy (non-hydrogen) atoms. The lowest BCUT2D eigenvalue weighted by Gasteiger charge is -2.36. The van der Waals surface area contributed by atoms with E-state index in [1.54, 1.807) is 19.1 Å². The number of ether oxygens (including phenoxy) is 1. The van der Waals surface area contributed by atoms with Crippen molar-refractivity contribution in [1.82, 2.24) is 29.6 Å². The minimum absolute atomic E-state index is 0.0660. The average molecular weight is 591 g/mol. The summed E-state index contributed by atoms with van der Waals surface area (Å²) in [6.07, 6.45) is 4.99. The molecule has 4 N–H and O–H groups in total. The molecule has 230 valence electrons. The lowest BCUT2D eigenvalue weighted by Crippen LogP contribution is -2.36. The van der Waals surface area contributed by atoms with Crippen LogP contribution >= 0.6 is 0 Å². The highest BCUT2D eigenvalue weighted by Gasteiger charge is 2.33. The number of hydrogen-bond donors (Lipinski definition) is 3. The van der Waals surface area contributed by atoms with Crippen molar-refractivity contribution in [3.8, 4) is 5.82 Å². The summed E-state index contributed by atoms with van der Waals surface area (Å²) in [4.78, 5) is 41.6. The number of benzene rings is 1. The van der Waals surface area contributed by atoms with Gasteiger partial charge < -0.3 is 25.6 Å². The third-order valence-corrected chi connectivity index (χ3v) is 8.36. The number of aromatic nitrogens is 5. The number of amides is 2. The molecular weight excluding hydrogens is 548 g/mol. The number of nitrogen functional groups attached to an aromatic ring is 1. The van der Waals surface area contributed by atoms with Gasteiger partial charge in [-0.25, -0.2) is 14.8 Å². The van der Waals surface area contributed by atoms with Crippen LogP contribution in [0.4, 0.5) is 33.9 Å². The Kier molecular flexibility index (Phi) is 9.27. The predicted molar refractivity (Wildman–Crippen MR) is 165 cm³/mol. The van der Waals surface area contributed by atoms with Gasteiger partial charge in [-0.3, -0.25) is 10.1 Å². The van der Waals surface area contributed by atoms with Gasteiger partial charge in [0.15, 0.2) is 5.82 Å². The number of carbonyl (C=O) groups is 2. The second kappa shape index (κ2) is 13.3. The Bertz CT molecular complexity index is 1410. The SMILES string of the molecule is CC(=O)N1CCCN(c2cc(-n3nc(Nc4ccc(NC(=O)O[C@H]5C[C@H](C)CC[C@H]5C(C)C)cc4)nc3N)ncn2)CC1. The quantitative estimate of drug-likeness (QED) is 0.359. The highest BCUT2D eigenvalue weighted by atomic mass is 16.6. The van der Waals surface area contributed by atoms with Crippen LogP contribution in [-0.2, 0) is 9.53 Å². The lowest BCUT2D eigenvalue weighted by atomic mass is 9.75. The molecule has 0 unspecified atom stereocenters. The van der Waals surface area contributed by atoms with Crippen LogP contribution in [0, 0.1) is 17.8 Å². The number of anilines is 5. The summed E-state index contributed by atoms with van der Waals surface area (Å²) in [6, 6.07) is 9.03. The third-order valence-electron chi connectivity index (χ3n) is 8.36. The van der Waals surface area contributed by atoms with Crippen LogP contribution in [0.5, 0.6) is 0 Å². The largest absolute Gasteiger partial charge is 0.446 e. The molecule has 0 spiro atoms. The summed E-state index contributed by atoms with van der Waals surface area (Å²) in [5.74, 6) is 3.19. The summed E-state index contributed by atoms with van der Waals surface area (Å²) in [6.45, 7) is 11.0. The van der Waals surface area contributed by atoms with E-state index in [0.717, 1.165) is 43.9 Å². The van der Waals surface area contributed by atoms with Crippen molar-refractivity contribution in [2.24, 2.45) is 17.8 Å². The lowest BCUT2D eigenvalue weighted by molar-refractivity contribution is -0.128. The molecule has 1 aromatic carbocycles. The van der Waals surface area contributed by atoms with Gasteiger partial charge in [-0.2, -0.15) is 9.67 Å². The van der Waals surface area contributed by atoms with Crippen molar-refractivity contribution < 1.29 is 14.3 Å². The fourth-order valence-corrected chi connectivity index (χ4v) is 5.93. The number of nitrogens with zero attached hydrogens (tertiary/aromatic N) is 7. The fourth-order valence-electron chi connectivity index (χ4n) is 5.93. The number of nitrogens with one attached hydrogen (secondary N) is 2. The summed E-state index contributed by atoms with van der Waals surface area (Å²) in [7, 11) is 0. The van der Waals surface area contributed by atoms with Crippen LogP contribution in [0.3, 0.4) is 0 Å². The van der Waals surface area contributed by atoms with Crippen LogP contribution in [0.2, 0.25) is 0 Å². The van der Waals surface area contributed by atoms with Crippen LogP contribution in [0.1, 0.15) is 53.4 Å². The Labute approximate surface area is 252 Å². The number of rotatable bonds is 7. The molecule has 3 atom stereocenters. The highest BCUT2D eigenvalue weighted by Crippen LogP contribution is 2.35. The van der Waals surface area contributed by atoms with Gasteiger partial charge in [-0.15, -0.1) is 5.10 Å². The molecule has 13 heteroatoms. The summed E-state index contributed by atoms with van der Waals surface area (Å²) < 4.78 is 7.31. The first-order valence-corrected chi connectivity index (χ1v) is 15.1. The summed E-state index contributed by atoms with van der Waals surface area (Å²) in [5.41, 5.74) is 7.55. The Morgan fingerprint density at radius 1 is 1.02 bits per heavy atom. The first kappa shape index (κ1) is 30.1. The van der Waals surface area contributed by atoms with E-state index in [2.05, 4.69) is 56.4 Å². The first-order valence-electron chi connectivity index (χ1n) is 15.1. The second-order valence-corrected chi connectivity index (χ2v) is 11.9. The fraction of sp³-hybridized carbons (Fsp3) is 0.533. The summed E-state index contributed by atoms with van der Waals surface area (Å²) in [5, 5.41) is 10.5. The molecule has 3 aromatic rings. The maximum atomic E-state index is 12.7. The number of hydrogen-bond acceptors (Lipinski definition) is 10. The highest BCUT2D eigenvalue weighted by molar-refractivity contribution is 5.85. The normalized spacial score (nSPS) is 20.9. The van der Waals surface area contributed by atoms with Gasteiger partial charge in [0.2, 0.25) is 17.8 Å². The molecule has 3 heterocycles. The molecule has 2 amide bonds. The maximum Gasteiger partial charge on any atom is 0.411 e. The van der Waals surface area contributed by atoms with Gasteiger partial charge in [0, 0.05) is 50.5 Å². The first-order chi connectivity index (χ1) is 20.7. The zero-order chi connectivity index (χ0) is 30.5. The molecule has 5 rings (SSSR count). The van der Waals surface area contributed by atoms with Crippen LogP contribution < -0.4 is 21.3 Å². The van der Waals surface area contributed by atoms with E-state index < -0.39 is 6.09 Å². The predicted octanol–water partition coefficient (Wildman–Crippen LogP) is 4.45. The van der Waals surface area contributed by atoms with Crippen molar-refractivity contribution >= 4 is 41.1 Å². The minimum Gasteiger partial charge on any atom is -0.446 e. The molecule has 2 aromatic heterocycles. The standard InChI is InChI=1S/C30H42N10O3/c1-19(2)24-11-6-20(3)16-25(24)43-30(42)35-23-9-7-22(8-10-23)34-29-36-28(31)40(37-29)27-17-26(32-18-33-27)39-13-5-12-38(14-15-39)21(4)41/h7-10,17-20,24-25H,5-6,11-16H2,1-4H3,(H,35,42)(H3,31,34,36,37)/t20-,24+,25+/m1/s1. The van der Waals surface area contributed by atoms with Crippen molar-refractivity contribution in [2.45, 2.75) is 59.5 Å². The van der Waals surface area contributed by atoms with Crippen molar-refractivity contribution in [1.29, 1.82) is 0 Å². The van der Waals surface area contributed by atoms with Gasteiger partial charge in [0.25, 0.3) is 0 Å². The van der Waals surface area contributed by atoms with E-state index in [1.807, 2.05) is 23.1 Å². The number of nitrogens with two attached hydrogens (primary N) is 1. The van der Waals surface area contributed by atoms with Crippen molar-refractivity contribution in [3.05, 3.63) is 36.7 Å². The molecule has 13 nitrogen and oxygen atoms in total. The van der Waals surface area contributed by atoms with Crippen molar-refractivity contribution in [2.75, 3.05) is 47.4 Å². The molecule has 1 saturated carbocycles. The van der Waals surface area contributed by atoms with E-state index in [1.165, 1.54) is 17.4 Å². The third kappa shape index (κ3) is 7.51. The van der Waals surface area contributed by atoms with Gasteiger partial charge in [0.1, 0.15) is 18.2 Å². The number of carbonyl (C=O) groups excluding carboxylic acids is 2. The Balaban J connectivity index is 1.19. The molecule has 0 radical (unpaired) electrons. The van der Waals surface area contributed by atoms with E-state index >= 15 is 0 Å². The van der Waals surface area contributed by atoms with E-state index in [-0.39, 0.29) is 18.0 Å². The van der Waals surface area contributed by atoms with E-state index in [0.29, 0.717) is 48.3 Å².